The first kappa shape index (κ1) is 5.70. The second kappa shape index (κ2) is 2.28. The molecule has 3 nitrogen and oxygen atoms in total. The Hall–Kier alpha value is -1.06. The van der Waals surface area contributed by atoms with Gasteiger partial charge in [0, 0.05) is 5.56 Å². The van der Waals surface area contributed by atoms with Crippen LogP contribution in [0.15, 0.2) is 24.3 Å². The van der Waals surface area contributed by atoms with Gasteiger partial charge >= 0.3 is 0 Å². The molecule has 0 spiro atoms. The maximum Gasteiger partial charge on any atom is 0.155 e. The molecular formula is C7H7NO2. The maximum absolute atomic E-state index is 4.95. The molecule has 0 aromatic heterocycles. The summed E-state index contributed by atoms with van der Waals surface area (Å²) >= 11 is 0. The molecule has 0 fully saturated rings. The van der Waals surface area contributed by atoms with E-state index in [1.54, 1.807) is 0 Å². The lowest BCUT2D eigenvalue weighted by Gasteiger charge is -2.15. The quantitative estimate of drug-likeness (QED) is 0.579. The first-order valence-corrected chi connectivity index (χ1v) is 3.08. The SMILES string of the molecule is c1ccc2c(c1)CONO2. The molecule has 3 heteroatoms. The van der Waals surface area contributed by atoms with Gasteiger partial charge in [-0.15, -0.1) is 0 Å². The second-order valence-corrected chi connectivity index (χ2v) is 2.08. The van der Waals surface area contributed by atoms with Crippen LogP contribution in [0.4, 0.5) is 0 Å². The third-order valence-electron chi connectivity index (χ3n) is 1.41. The van der Waals surface area contributed by atoms with Gasteiger partial charge in [0.25, 0.3) is 0 Å². The summed E-state index contributed by atoms with van der Waals surface area (Å²) in [6, 6.07) is 7.74. The summed E-state index contributed by atoms with van der Waals surface area (Å²) in [5.41, 5.74) is 3.41. The van der Waals surface area contributed by atoms with Crippen LogP contribution in [-0.4, -0.2) is 0 Å². The van der Waals surface area contributed by atoms with E-state index in [1.165, 1.54) is 0 Å². The summed E-state index contributed by atoms with van der Waals surface area (Å²) < 4.78 is 0. The van der Waals surface area contributed by atoms with Gasteiger partial charge in [-0.1, -0.05) is 18.2 Å². The molecule has 52 valence electrons. The molecule has 0 saturated carbocycles. The van der Waals surface area contributed by atoms with Crippen molar-refractivity contribution in [3.8, 4) is 5.75 Å². The van der Waals surface area contributed by atoms with Crippen LogP contribution in [0.1, 0.15) is 5.56 Å². The predicted molar refractivity (Wildman–Crippen MR) is 35.0 cm³/mol. The molecule has 0 bridgehead atoms. The summed E-state index contributed by atoms with van der Waals surface area (Å²) in [5, 5.41) is 0. The zero-order valence-corrected chi connectivity index (χ0v) is 5.33. The van der Waals surface area contributed by atoms with E-state index in [2.05, 4.69) is 5.64 Å². The Morgan fingerprint density at radius 3 is 3.10 bits per heavy atom. The normalized spacial score (nSPS) is 15.6. The molecular weight excluding hydrogens is 130 g/mol. The molecule has 0 amide bonds. The lowest BCUT2D eigenvalue weighted by molar-refractivity contribution is -0.134. The molecule has 1 aliphatic heterocycles. The van der Waals surface area contributed by atoms with Crippen molar-refractivity contribution in [2.75, 3.05) is 0 Å². The van der Waals surface area contributed by atoms with Crippen LogP contribution in [0.5, 0.6) is 5.75 Å². The summed E-state index contributed by atoms with van der Waals surface area (Å²) in [7, 11) is 0. The predicted octanol–water partition coefficient (Wildman–Crippen LogP) is 1.02. The number of hydrogen-bond donors (Lipinski definition) is 1. The topological polar surface area (TPSA) is 30.5 Å². The number of rotatable bonds is 0. The average molecular weight is 137 g/mol. The molecule has 2 rings (SSSR count). The fourth-order valence-corrected chi connectivity index (χ4v) is 0.904. The number of para-hydroxylation sites is 1. The first-order valence-electron chi connectivity index (χ1n) is 3.08. The van der Waals surface area contributed by atoms with E-state index in [-0.39, 0.29) is 0 Å². The highest BCUT2D eigenvalue weighted by Crippen LogP contribution is 2.19. The van der Waals surface area contributed by atoms with Gasteiger partial charge in [-0.25, -0.2) is 0 Å². The van der Waals surface area contributed by atoms with E-state index < -0.39 is 0 Å². The van der Waals surface area contributed by atoms with Crippen LogP contribution in [-0.2, 0) is 11.4 Å². The van der Waals surface area contributed by atoms with E-state index in [1.807, 2.05) is 24.3 Å². The highest BCUT2D eigenvalue weighted by molar-refractivity contribution is 5.32. The molecule has 1 N–H and O–H groups in total. The van der Waals surface area contributed by atoms with Gasteiger partial charge in [0.05, 0.1) is 0 Å². The molecule has 0 aliphatic carbocycles. The van der Waals surface area contributed by atoms with Gasteiger partial charge in [-0.05, 0) is 11.7 Å². The number of hydrogen-bond acceptors (Lipinski definition) is 3. The van der Waals surface area contributed by atoms with E-state index >= 15 is 0 Å². The van der Waals surface area contributed by atoms with Crippen molar-refractivity contribution >= 4 is 0 Å². The summed E-state index contributed by atoms with van der Waals surface area (Å²) in [5.74, 6) is 0.841. The Balaban J connectivity index is 2.41. The molecule has 1 aromatic rings. The molecule has 0 radical (unpaired) electrons. The number of benzene rings is 1. The zero-order valence-electron chi connectivity index (χ0n) is 5.33. The monoisotopic (exact) mass is 137 g/mol. The van der Waals surface area contributed by atoms with Crippen molar-refractivity contribution in [3.63, 3.8) is 0 Å². The van der Waals surface area contributed by atoms with Gasteiger partial charge in [0.15, 0.2) is 5.75 Å². The Labute approximate surface area is 58.5 Å². The minimum atomic E-state index is 0.566. The summed E-state index contributed by atoms with van der Waals surface area (Å²) in [4.78, 5) is 9.77. The third kappa shape index (κ3) is 0.853. The van der Waals surface area contributed by atoms with Crippen LogP contribution in [0.3, 0.4) is 0 Å². The van der Waals surface area contributed by atoms with E-state index in [9.17, 15) is 0 Å². The molecule has 1 heterocycles. The van der Waals surface area contributed by atoms with Gasteiger partial charge < -0.3 is 4.84 Å². The van der Waals surface area contributed by atoms with Crippen LogP contribution in [0.2, 0.25) is 0 Å². The van der Waals surface area contributed by atoms with Crippen molar-refractivity contribution in [2.45, 2.75) is 6.61 Å². The van der Waals surface area contributed by atoms with Gasteiger partial charge in [-0.3, -0.25) is 4.84 Å². The van der Waals surface area contributed by atoms with E-state index in [0.29, 0.717) is 6.61 Å². The average Bonchev–Trinajstić information content (AvgIpc) is 2.05. The Bertz CT molecular complexity index is 212. The Kier molecular flexibility index (Phi) is 1.30. The lowest BCUT2D eigenvalue weighted by Crippen LogP contribution is -2.24. The van der Waals surface area contributed by atoms with Crippen LogP contribution in [0.25, 0.3) is 0 Å². The van der Waals surface area contributed by atoms with Crippen molar-refractivity contribution in [2.24, 2.45) is 0 Å². The van der Waals surface area contributed by atoms with Crippen molar-refractivity contribution in [1.29, 1.82) is 0 Å². The number of fused-ring (bicyclic) bond motifs is 1. The zero-order chi connectivity index (χ0) is 6.81. The molecule has 0 unspecified atom stereocenters. The van der Waals surface area contributed by atoms with Crippen LogP contribution in [0, 0.1) is 0 Å². The fraction of sp³-hybridized carbons (Fsp3) is 0.143. The highest BCUT2D eigenvalue weighted by Gasteiger charge is 2.07. The van der Waals surface area contributed by atoms with E-state index in [4.69, 9.17) is 9.68 Å². The largest absolute Gasteiger partial charge is 0.383 e. The van der Waals surface area contributed by atoms with E-state index in [0.717, 1.165) is 11.3 Å². The standard InChI is InChI=1S/C7H7NO2/c1-2-4-7-6(3-1)5-9-8-10-7/h1-4,8H,5H2. The minimum Gasteiger partial charge on any atom is -0.383 e. The van der Waals surface area contributed by atoms with Gasteiger partial charge in [0.1, 0.15) is 6.61 Å². The van der Waals surface area contributed by atoms with Gasteiger partial charge in [-0.2, -0.15) is 0 Å². The van der Waals surface area contributed by atoms with Gasteiger partial charge in [0.2, 0.25) is 0 Å². The van der Waals surface area contributed by atoms with Crippen molar-refractivity contribution in [1.82, 2.24) is 5.64 Å². The highest BCUT2D eigenvalue weighted by atomic mass is 16.9. The fourth-order valence-electron chi connectivity index (χ4n) is 0.904. The molecule has 10 heavy (non-hydrogen) atoms. The van der Waals surface area contributed by atoms with Crippen LogP contribution < -0.4 is 10.5 Å². The second-order valence-electron chi connectivity index (χ2n) is 2.08. The summed E-state index contributed by atoms with van der Waals surface area (Å²) in [6.07, 6.45) is 0. The lowest BCUT2D eigenvalue weighted by atomic mass is 10.2. The minimum absolute atomic E-state index is 0.566. The maximum atomic E-state index is 4.95. The molecule has 1 aliphatic rings. The van der Waals surface area contributed by atoms with Crippen LogP contribution >= 0.6 is 0 Å². The van der Waals surface area contributed by atoms with Crippen molar-refractivity contribution in [3.05, 3.63) is 29.8 Å². The first-order chi connectivity index (χ1) is 4.97. The Morgan fingerprint density at radius 2 is 2.20 bits per heavy atom. The molecule has 1 aromatic carbocycles. The molecule has 0 atom stereocenters. The van der Waals surface area contributed by atoms with Crippen molar-refractivity contribution < 1.29 is 9.68 Å². The third-order valence-corrected chi connectivity index (χ3v) is 1.41. The smallest absolute Gasteiger partial charge is 0.155 e. The number of nitrogens with one attached hydrogen (secondary N) is 1. The summed E-state index contributed by atoms with van der Waals surface area (Å²) in [6.45, 7) is 0.566. The Morgan fingerprint density at radius 1 is 1.30 bits per heavy atom. The molecule has 0 saturated heterocycles.